The van der Waals surface area contributed by atoms with Crippen LogP contribution in [-0.4, -0.2) is 79.0 Å². The number of nitrogens with one attached hydrogen (secondary N) is 1. The van der Waals surface area contributed by atoms with E-state index < -0.39 is 31.5 Å². The zero-order valence-corrected chi connectivity index (χ0v) is 19.3. The Labute approximate surface area is 201 Å². The number of aromatic nitrogens is 6. The highest BCUT2D eigenvalue weighted by Gasteiger charge is 2.49. The van der Waals surface area contributed by atoms with Crippen molar-refractivity contribution in [1.82, 2.24) is 34.5 Å². The third-order valence-electron chi connectivity index (χ3n) is 6.08. The van der Waals surface area contributed by atoms with Crippen molar-refractivity contribution in [2.45, 2.75) is 38.3 Å². The summed E-state index contributed by atoms with van der Waals surface area (Å²) in [5.74, 6) is -3.49. The minimum atomic E-state index is -3.16. The Morgan fingerprint density at radius 2 is 2.11 bits per heavy atom. The Balaban J connectivity index is 1.49. The van der Waals surface area contributed by atoms with E-state index in [1.807, 2.05) is 0 Å². The number of fused-ring (bicyclic) bond motifs is 2. The van der Waals surface area contributed by atoms with Crippen LogP contribution in [0.25, 0.3) is 27.7 Å². The van der Waals surface area contributed by atoms with Gasteiger partial charge < -0.3 is 15.0 Å². The highest BCUT2D eigenvalue weighted by molar-refractivity contribution is 5.89. The summed E-state index contributed by atoms with van der Waals surface area (Å²) in [6.07, 6.45) is -0.845. The number of ether oxygens (including phenoxy) is 1. The second-order valence-corrected chi connectivity index (χ2v) is 8.42. The van der Waals surface area contributed by atoms with Crippen LogP contribution < -0.4 is 10.1 Å². The lowest BCUT2D eigenvalue weighted by atomic mass is 10.1. The van der Waals surface area contributed by atoms with Gasteiger partial charge >= 0.3 is 0 Å². The molecule has 0 unspecified atom stereocenters. The maximum Gasteiger partial charge on any atom is 0.286 e. The van der Waals surface area contributed by atoms with Gasteiger partial charge in [0, 0.05) is 24.7 Å². The van der Waals surface area contributed by atoms with Gasteiger partial charge in [0.1, 0.15) is 23.6 Å². The molecule has 1 aliphatic rings. The van der Waals surface area contributed by atoms with E-state index in [1.54, 1.807) is 37.4 Å². The Morgan fingerprint density at radius 3 is 2.83 bits per heavy atom. The van der Waals surface area contributed by atoms with Crippen molar-refractivity contribution in [3.8, 4) is 17.0 Å². The minimum absolute atomic E-state index is 0.0911. The molecule has 1 atom stereocenters. The fourth-order valence-electron chi connectivity index (χ4n) is 4.33. The molecule has 1 aliphatic heterocycles. The first-order valence-corrected chi connectivity index (χ1v) is 11.2. The molecule has 0 radical (unpaired) electrons. The molecule has 0 saturated carbocycles. The fraction of sp³-hybridized carbons (Fsp3) is 0.409. The summed E-state index contributed by atoms with van der Waals surface area (Å²) in [5.41, 5.74) is 2.64. The monoisotopic (exact) mass is 506 g/mol. The lowest BCUT2D eigenvalue weighted by molar-refractivity contribution is -0.131. The molecule has 10 nitrogen and oxygen atoms in total. The highest BCUT2D eigenvalue weighted by Crippen LogP contribution is 2.34. The number of anilines is 1. The van der Waals surface area contributed by atoms with Crippen molar-refractivity contribution >= 4 is 28.4 Å². The van der Waals surface area contributed by atoms with Gasteiger partial charge in [0.15, 0.2) is 0 Å². The van der Waals surface area contributed by atoms with Gasteiger partial charge in [-0.15, -0.1) is 10.2 Å². The smallest absolute Gasteiger partial charge is 0.286 e. The molecular weight excluding hydrogens is 484 g/mol. The number of amides is 1. The molecule has 0 aliphatic carbocycles. The van der Waals surface area contributed by atoms with E-state index >= 15 is 0 Å². The summed E-state index contributed by atoms with van der Waals surface area (Å²) >= 11 is 0. The number of carbonyl (C=O) groups excluding carboxylic acids is 1. The standard InChI is InChI=1S/C22H22F4N8O2/c1-3-18(35)32-9-16(22(25,26)11-32)27-21-28-20(36-2)19-13(6-7-33(19)30-21)12-4-5-14-15(8-12)34(31-29-14)10-17(23)24/h4-8,16-17H,3,9-11H2,1-2H3,(H,27,30)/t16-/m1/s1. The second-order valence-electron chi connectivity index (χ2n) is 8.42. The molecule has 0 bridgehead atoms. The molecule has 1 amide bonds. The lowest BCUT2D eigenvalue weighted by Gasteiger charge is -2.19. The summed E-state index contributed by atoms with van der Waals surface area (Å²) in [5, 5.41) is 14.7. The minimum Gasteiger partial charge on any atom is -0.479 e. The van der Waals surface area contributed by atoms with Crippen molar-refractivity contribution in [2.24, 2.45) is 0 Å². The van der Waals surface area contributed by atoms with Crippen molar-refractivity contribution in [2.75, 3.05) is 25.5 Å². The summed E-state index contributed by atoms with van der Waals surface area (Å²) in [7, 11) is 1.39. The van der Waals surface area contributed by atoms with Crippen LogP contribution in [-0.2, 0) is 11.3 Å². The molecule has 5 rings (SSSR count). The first kappa shape index (κ1) is 23.8. The highest BCUT2D eigenvalue weighted by atomic mass is 19.3. The normalized spacial score (nSPS) is 17.4. The number of halogens is 4. The van der Waals surface area contributed by atoms with Crippen LogP contribution in [0.2, 0.25) is 0 Å². The fourth-order valence-corrected chi connectivity index (χ4v) is 4.33. The molecule has 3 aromatic heterocycles. The van der Waals surface area contributed by atoms with E-state index in [9.17, 15) is 22.4 Å². The van der Waals surface area contributed by atoms with E-state index in [-0.39, 0.29) is 30.7 Å². The molecule has 36 heavy (non-hydrogen) atoms. The predicted octanol–water partition coefficient (Wildman–Crippen LogP) is 3.08. The van der Waals surface area contributed by atoms with Gasteiger partial charge in [-0.05, 0) is 23.8 Å². The Morgan fingerprint density at radius 1 is 1.31 bits per heavy atom. The summed E-state index contributed by atoms with van der Waals surface area (Å²) in [6.45, 7) is 0.170. The molecule has 4 aromatic rings. The van der Waals surface area contributed by atoms with E-state index in [1.165, 1.54) is 11.6 Å². The van der Waals surface area contributed by atoms with E-state index in [0.29, 0.717) is 27.7 Å². The zero-order valence-electron chi connectivity index (χ0n) is 19.3. The summed E-state index contributed by atoms with van der Waals surface area (Å²) in [4.78, 5) is 17.3. The number of methoxy groups -OCH3 is 1. The predicted molar refractivity (Wildman–Crippen MR) is 121 cm³/mol. The first-order valence-electron chi connectivity index (χ1n) is 11.2. The number of alkyl halides is 4. The van der Waals surface area contributed by atoms with Crippen LogP contribution in [0.5, 0.6) is 5.88 Å². The van der Waals surface area contributed by atoms with Gasteiger partial charge in [-0.2, -0.15) is 4.98 Å². The van der Waals surface area contributed by atoms with Crippen molar-refractivity contribution in [3.63, 3.8) is 0 Å². The van der Waals surface area contributed by atoms with Gasteiger partial charge in [0.25, 0.3) is 12.3 Å². The Hall–Kier alpha value is -3.97. The molecule has 1 saturated heterocycles. The van der Waals surface area contributed by atoms with Crippen molar-refractivity contribution < 1.29 is 27.1 Å². The van der Waals surface area contributed by atoms with Gasteiger partial charge in [-0.1, -0.05) is 18.2 Å². The quantitative estimate of drug-likeness (QED) is 0.385. The Kier molecular flexibility index (Phi) is 5.88. The van der Waals surface area contributed by atoms with Gasteiger partial charge in [-0.25, -0.2) is 26.8 Å². The van der Waals surface area contributed by atoms with E-state index in [2.05, 4.69) is 25.7 Å². The molecule has 1 aromatic carbocycles. The average molecular weight is 506 g/mol. The third-order valence-corrected chi connectivity index (χ3v) is 6.08. The average Bonchev–Trinajstić information content (AvgIpc) is 3.53. The van der Waals surface area contributed by atoms with E-state index in [0.717, 1.165) is 9.58 Å². The summed E-state index contributed by atoms with van der Waals surface area (Å²) < 4.78 is 63.0. The Bertz CT molecular complexity index is 1440. The number of nitrogens with zero attached hydrogens (tertiary/aromatic N) is 7. The lowest BCUT2D eigenvalue weighted by Crippen LogP contribution is -2.38. The van der Waals surface area contributed by atoms with Crippen LogP contribution in [0.4, 0.5) is 23.5 Å². The van der Waals surface area contributed by atoms with E-state index in [4.69, 9.17) is 4.74 Å². The molecule has 1 N–H and O–H groups in total. The van der Waals surface area contributed by atoms with Crippen molar-refractivity contribution in [3.05, 3.63) is 30.5 Å². The zero-order chi connectivity index (χ0) is 25.6. The van der Waals surface area contributed by atoms with Crippen LogP contribution in [0, 0.1) is 0 Å². The van der Waals surface area contributed by atoms with Crippen LogP contribution in [0.15, 0.2) is 30.5 Å². The number of carbonyl (C=O) groups is 1. The number of hydrogen-bond acceptors (Lipinski definition) is 7. The molecule has 14 heteroatoms. The molecule has 190 valence electrons. The van der Waals surface area contributed by atoms with Crippen LogP contribution >= 0.6 is 0 Å². The largest absolute Gasteiger partial charge is 0.479 e. The molecule has 0 spiro atoms. The second kappa shape index (κ2) is 8.91. The number of rotatable bonds is 7. The number of hydrogen-bond donors (Lipinski definition) is 1. The SMILES string of the molecule is CCC(=O)N1C[C@@H](Nc2nc(OC)c3c(-c4ccc5nnn(CC(F)F)c5c4)ccn3n2)C(F)(F)C1. The van der Waals surface area contributed by atoms with Gasteiger partial charge in [0.05, 0.1) is 19.2 Å². The molecule has 1 fully saturated rings. The first-order chi connectivity index (χ1) is 17.2. The topological polar surface area (TPSA) is 102 Å². The molecule has 4 heterocycles. The maximum atomic E-state index is 14.6. The van der Waals surface area contributed by atoms with Gasteiger partial charge in [0.2, 0.25) is 17.7 Å². The van der Waals surface area contributed by atoms with Gasteiger partial charge in [-0.3, -0.25) is 4.79 Å². The third kappa shape index (κ3) is 4.16. The molecular formula is C22H22F4N8O2. The maximum absolute atomic E-state index is 14.6. The van der Waals surface area contributed by atoms with Crippen LogP contribution in [0.1, 0.15) is 13.3 Å². The van der Waals surface area contributed by atoms with Crippen LogP contribution in [0.3, 0.4) is 0 Å². The summed E-state index contributed by atoms with van der Waals surface area (Å²) in [6, 6.07) is 5.46. The number of likely N-dealkylation sites (tertiary alicyclic amines) is 1. The van der Waals surface area contributed by atoms with Crippen molar-refractivity contribution in [1.29, 1.82) is 0 Å². The number of benzene rings is 1.